The molecule has 0 bridgehead atoms. The van der Waals surface area contributed by atoms with Crippen LogP contribution in [0.25, 0.3) is 22.9 Å². The lowest BCUT2D eigenvalue weighted by Gasteiger charge is -2.13. The molecule has 0 saturated heterocycles. The van der Waals surface area contributed by atoms with E-state index in [1.807, 2.05) is 0 Å². The minimum Gasteiger partial charge on any atom is -0.274 e. The van der Waals surface area contributed by atoms with E-state index in [0.717, 1.165) is 18.4 Å². The molecule has 32 heavy (non-hydrogen) atoms. The molecule has 156 valence electrons. The number of rotatable bonds is 6. The lowest BCUT2D eigenvalue weighted by molar-refractivity contribution is 0.0652. The molecule has 0 saturated carbocycles. The number of hydrogen-bond donors (Lipinski definition) is 0. The Bertz CT molecular complexity index is 1310. The minimum absolute atomic E-state index is 0.183. The lowest BCUT2D eigenvalue weighted by atomic mass is 10.0. The van der Waals surface area contributed by atoms with Crippen LogP contribution in [-0.2, 0) is 6.42 Å². The highest BCUT2D eigenvalue weighted by Gasteiger charge is 2.34. The summed E-state index contributed by atoms with van der Waals surface area (Å²) < 4.78 is 0. The topological polar surface area (TPSA) is 37.4 Å². The molecule has 0 spiro atoms. The van der Waals surface area contributed by atoms with Crippen LogP contribution in [0.3, 0.4) is 0 Å². The average Bonchev–Trinajstić information content (AvgIpc) is 3.08. The van der Waals surface area contributed by atoms with Crippen molar-refractivity contribution in [1.82, 2.24) is 4.90 Å². The van der Waals surface area contributed by atoms with Crippen LogP contribution in [-0.4, -0.2) is 23.3 Å². The highest BCUT2D eigenvalue weighted by atomic mass is 16.2. The van der Waals surface area contributed by atoms with Gasteiger partial charge in [0.25, 0.3) is 11.8 Å². The number of benzene rings is 4. The van der Waals surface area contributed by atoms with E-state index in [1.54, 1.807) is 24.3 Å². The first-order valence-electron chi connectivity index (χ1n) is 10.9. The van der Waals surface area contributed by atoms with Crippen LogP contribution < -0.4 is 0 Å². The molecule has 0 aliphatic carbocycles. The first-order valence-corrected chi connectivity index (χ1v) is 10.9. The summed E-state index contributed by atoms with van der Waals surface area (Å²) in [5.41, 5.74) is 4.55. The Labute approximate surface area is 187 Å². The Morgan fingerprint density at radius 3 is 2.19 bits per heavy atom. The second kappa shape index (κ2) is 8.64. The van der Waals surface area contributed by atoms with Crippen molar-refractivity contribution in [1.29, 1.82) is 0 Å². The molecule has 0 N–H and O–H groups in total. The third-order valence-corrected chi connectivity index (χ3v) is 5.96. The minimum atomic E-state index is -0.183. The molecule has 3 nitrogen and oxygen atoms in total. The number of imide groups is 1. The molecule has 4 aromatic rings. The lowest BCUT2D eigenvalue weighted by Crippen LogP contribution is -2.30. The maximum Gasteiger partial charge on any atom is 0.261 e. The number of hydrogen-bond acceptors (Lipinski definition) is 2. The van der Waals surface area contributed by atoms with E-state index >= 15 is 0 Å². The summed E-state index contributed by atoms with van der Waals surface area (Å²) in [5.74, 6) is -0.366. The molecule has 3 heteroatoms. The zero-order valence-electron chi connectivity index (χ0n) is 17.7. The second-order valence-electron chi connectivity index (χ2n) is 8.06. The maximum absolute atomic E-state index is 12.5. The summed E-state index contributed by atoms with van der Waals surface area (Å²) in [7, 11) is 0. The number of aryl methyl sites for hydroxylation is 1. The van der Waals surface area contributed by atoms with E-state index in [1.165, 1.54) is 26.8 Å². The largest absolute Gasteiger partial charge is 0.274 e. The van der Waals surface area contributed by atoms with Crippen LogP contribution in [0.15, 0.2) is 91.0 Å². The number of carbonyl (C=O) groups excluding carboxylic acids is 2. The van der Waals surface area contributed by atoms with Gasteiger partial charge in [-0.25, -0.2) is 0 Å². The summed E-state index contributed by atoms with van der Waals surface area (Å²) in [4.78, 5) is 26.4. The van der Waals surface area contributed by atoms with Gasteiger partial charge >= 0.3 is 0 Å². The number of nitrogens with zero attached hydrogens (tertiary/aromatic N) is 1. The monoisotopic (exact) mass is 417 g/mol. The van der Waals surface area contributed by atoms with Gasteiger partial charge in [-0.1, -0.05) is 91.0 Å². The molecule has 1 heterocycles. The first kappa shape index (κ1) is 20.0. The molecule has 1 aliphatic heterocycles. The molecule has 2 amide bonds. The quantitative estimate of drug-likeness (QED) is 0.275. The third-order valence-electron chi connectivity index (χ3n) is 5.96. The van der Waals surface area contributed by atoms with Gasteiger partial charge in [-0.2, -0.15) is 0 Å². The van der Waals surface area contributed by atoms with Crippen molar-refractivity contribution in [2.75, 3.05) is 6.54 Å². The molecule has 0 unspecified atom stereocenters. The van der Waals surface area contributed by atoms with Crippen molar-refractivity contribution in [2.45, 2.75) is 12.8 Å². The fraction of sp³-hybridized carbons (Fsp3) is 0.103. The average molecular weight is 418 g/mol. The van der Waals surface area contributed by atoms with Gasteiger partial charge in [-0.05, 0) is 52.4 Å². The molecule has 0 fully saturated rings. The van der Waals surface area contributed by atoms with Gasteiger partial charge in [-0.15, -0.1) is 0 Å². The van der Waals surface area contributed by atoms with Crippen molar-refractivity contribution in [3.63, 3.8) is 0 Å². The summed E-state index contributed by atoms with van der Waals surface area (Å²) >= 11 is 0. The van der Waals surface area contributed by atoms with Crippen molar-refractivity contribution < 1.29 is 9.59 Å². The zero-order chi connectivity index (χ0) is 21.9. The molecule has 5 rings (SSSR count). The number of amides is 2. The van der Waals surface area contributed by atoms with E-state index in [-0.39, 0.29) is 11.8 Å². The smallest absolute Gasteiger partial charge is 0.261 e. The van der Waals surface area contributed by atoms with Crippen molar-refractivity contribution in [3.05, 3.63) is 119 Å². The first-order chi connectivity index (χ1) is 15.7. The summed E-state index contributed by atoms with van der Waals surface area (Å²) in [6, 6.07) is 30.2. The zero-order valence-corrected chi connectivity index (χ0v) is 17.7. The molecule has 0 radical (unpaired) electrons. The maximum atomic E-state index is 12.5. The number of fused-ring (bicyclic) bond motifs is 2. The Kier molecular flexibility index (Phi) is 5.39. The van der Waals surface area contributed by atoms with Crippen molar-refractivity contribution >= 4 is 34.7 Å². The molecule has 0 aromatic heterocycles. The van der Waals surface area contributed by atoms with E-state index in [9.17, 15) is 9.59 Å². The van der Waals surface area contributed by atoms with Crippen LogP contribution in [0.5, 0.6) is 0 Å². The fourth-order valence-corrected chi connectivity index (χ4v) is 4.32. The second-order valence-corrected chi connectivity index (χ2v) is 8.06. The summed E-state index contributed by atoms with van der Waals surface area (Å²) in [6.45, 7) is 0.433. The van der Waals surface area contributed by atoms with Gasteiger partial charge in [-0.3, -0.25) is 14.5 Å². The van der Waals surface area contributed by atoms with Gasteiger partial charge in [0.2, 0.25) is 0 Å². The van der Waals surface area contributed by atoms with E-state index < -0.39 is 0 Å². The normalized spacial score (nSPS) is 13.3. The molecule has 1 aliphatic rings. The predicted molar refractivity (Wildman–Crippen MR) is 129 cm³/mol. The van der Waals surface area contributed by atoms with Crippen LogP contribution in [0, 0.1) is 0 Å². The van der Waals surface area contributed by atoms with Crippen molar-refractivity contribution in [2.24, 2.45) is 0 Å². The van der Waals surface area contributed by atoms with Gasteiger partial charge in [0.15, 0.2) is 0 Å². The van der Waals surface area contributed by atoms with Crippen LogP contribution in [0.4, 0.5) is 0 Å². The molecular weight excluding hydrogens is 394 g/mol. The fourth-order valence-electron chi connectivity index (χ4n) is 4.32. The Balaban J connectivity index is 1.25. The van der Waals surface area contributed by atoms with Gasteiger partial charge in [0.05, 0.1) is 11.1 Å². The molecule has 4 aromatic carbocycles. The van der Waals surface area contributed by atoms with E-state index in [0.29, 0.717) is 17.7 Å². The molecule has 0 atom stereocenters. The highest BCUT2D eigenvalue weighted by molar-refractivity contribution is 6.21. The van der Waals surface area contributed by atoms with Crippen LogP contribution in [0.2, 0.25) is 0 Å². The van der Waals surface area contributed by atoms with Gasteiger partial charge in [0, 0.05) is 6.54 Å². The van der Waals surface area contributed by atoms with Crippen LogP contribution >= 0.6 is 0 Å². The van der Waals surface area contributed by atoms with Crippen molar-refractivity contribution in [3.8, 4) is 0 Å². The van der Waals surface area contributed by atoms with Gasteiger partial charge < -0.3 is 0 Å². The highest BCUT2D eigenvalue weighted by Crippen LogP contribution is 2.23. The third kappa shape index (κ3) is 3.85. The van der Waals surface area contributed by atoms with Crippen LogP contribution in [0.1, 0.15) is 43.8 Å². The van der Waals surface area contributed by atoms with Gasteiger partial charge in [0.1, 0.15) is 0 Å². The Morgan fingerprint density at radius 1 is 0.688 bits per heavy atom. The Morgan fingerprint density at radius 2 is 1.38 bits per heavy atom. The Hall–Kier alpha value is -3.98. The summed E-state index contributed by atoms with van der Waals surface area (Å²) in [6.07, 6.45) is 5.83. The molecular formula is C29H23NO2. The summed E-state index contributed by atoms with van der Waals surface area (Å²) in [5, 5.41) is 2.47. The van der Waals surface area contributed by atoms with E-state index in [2.05, 4.69) is 78.9 Å². The standard InChI is InChI=1S/C29H23NO2/c31-28-26-15-3-4-16-27(26)29(32)30(28)19-7-10-21-8-5-9-22(20-21)17-18-24-13-6-12-23-11-1-2-14-25(23)24/h1-6,8-9,11-18,20H,7,10,19H2. The van der Waals surface area contributed by atoms with E-state index in [4.69, 9.17) is 0 Å². The number of carbonyl (C=O) groups is 2. The SMILES string of the molecule is O=C1c2ccccc2C(=O)N1CCCc1cccc(C=Cc2cccc3ccccc23)c1. The predicted octanol–water partition coefficient (Wildman–Crippen LogP) is 6.24.